The van der Waals surface area contributed by atoms with Gasteiger partial charge in [0.25, 0.3) is 0 Å². The maximum atomic E-state index is 12.6. The fourth-order valence-electron chi connectivity index (χ4n) is 3.17. The number of amides is 1. The highest BCUT2D eigenvalue weighted by molar-refractivity contribution is 7.18. The van der Waals surface area contributed by atoms with Crippen LogP contribution in [-0.2, 0) is 19.1 Å². The number of carbonyl (C=O) groups is 4. The molecule has 26 heavy (non-hydrogen) atoms. The Balaban J connectivity index is 2.35. The molecule has 0 unspecified atom stereocenters. The number of aliphatic carboxylic acids is 1. The Morgan fingerprint density at radius 3 is 2.15 bits per heavy atom. The summed E-state index contributed by atoms with van der Waals surface area (Å²) in [5.74, 6) is -4.72. The summed E-state index contributed by atoms with van der Waals surface area (Å²) >= 11 is 0.894. The number of ether oxygens (including phenoxy) is 2. The number of hydrogen-bond acceptors (Lipinski definition) is 8. The molecular formula is C17H20NO7S-. The third-order valence-electron chi connectivity index (χ3n) is 4.55. The molecule has 2 rings (SSSR count). The van der Waals surface area contributed by atoms with Gasteiger partial charge >= 0.3 is 11.9 Å². The SMILES string of the molecule is COC(=O)c1sc(NC(=O)[C@@H]2CCCC[C@@H]2C(=O)[O-])c(C(=O)OC)c1C. The first-order valence-electron chi connectivity index (χ1n) is 8.13. The highest BCUT2D eigenvalue weighted by atomic mass is 32.1. The van der Waals surface area contributed by atoms with Crippen LogP contribution in [0.1, 0.15) is 51.3 Å². The molecular weight excluding hydrogens is 362 g/mol. The van der Waals surface area contributed by atoms with Crippen molar-refractivity contribution in [2.24, 2.45) is 11.8 Å². The number of rotatable bonds is 5. The van der Waals surface area contributed by atoms with Gasteiger partial charge in [-0.15, -0.1) is 11.3 Å². The second-order valence-corrected chi connectivity index (χ2v) is 7.07. The van der Waals surface area contributed by atoms with E-state index in [1.54, 1.807) is 6.92 Å². The minimum absolute atomic E-state index is 0.0621. The first-order valence-corrected chi connectivity index (χ1v) is 8.95. The molecule has 1 aliphatic rings. The zero-order chi connectivity index (χ0) is 19.4. The molecule has 1 amide bonds. The van der Waals surface area contributed by atoms with E-state index < -0.39 is 35.7 Å². The number of esters is 2. The molecule has 1 N–H and O–H groups in total. The normalized spacial score (nSPS) is 19.5. The number of carboxylic acid groups (broad SMARTS) is 1. The molecule has 0 radical (unpaired) electrons. The molecule has 1 fully saturated rings. The summed E-state index contributed by atoms with van der Waals surface area (Å²) in [7, 11) is 2.40. The number of methoxy groups -OCH3 is 2. The molecule has 1 aliphatic carbocycles. The monoisotopic (exact) mass is 382 g/mol. The van der Waals surface area contributed by atoms with Gasteiger partial charge in [-0.25, -0.2) is 9.59 Å². The summed E-state index contributed by atoms with van der Waals surface area (Å²) in [6, 6.07) is 0. The molecule has 1 aromatic rings. The van der Waals surface area contributed by atoms with E-state index in [2.05, 4.69) is 10.1 Å². The van der Waals surface area contributed by atoms with Gasteiger partial charge < -0.3 is 24.7 Å². The highest BCUT2D eigenvalue weighted by Gasteiger charge is 2.34. The van der Waals surface area contributed by atoms with Crippen molar-refractivity contribution in [1.29, 1.82) is 0 Å². The number of nitrogens with one attached hydrogen (secondary N) is 1. The fraction of sp³-hybridized carbons (Fsp3) is 0.529. The summed E-state index contributed by atoms with van der Waals surface area (Å²) < 4.78 is 9.42. The quantitative estimate of drug-likeness (QED) is 0.757. The number of carboxylic acids is 1. The molecule has 8 nitrogen and oxygen atoms in total. The zero-order valence-corrected chi connectivity index (χ0v) is 15.6. The van der Waals surface area contributed by atoms with E-state index >= 15 is 0 Å². The largest absolute Gasteiger partial charge is 0.550 e. The smallest absolute Gasteiger partial charge is 0.348 e. The Kier molecular flexibility index (Phi) is 6.36. The van der Waals surface area contributed by atoms with Crippen LogP contribution in [0.5, 0.6) is 0 Å². The summed E-state index contributed by atoms with van der Waals surface area (Å²) in [4.78, 5) is 48.1. The Labute approximate surface area is 154 Å². The van der Waals surface area contributed by atoms with Gasteiger partial charge in [0.05, 0.1) is 19.8 Å². The van der Waals surface area contributed by atoms with Crippen molar-refractivity contribution in [2.45, 2.75) is 32.6 Å². The lowest BCUT2D eigenvalue weighted by atomic mass is 9.79. The van der Waals surface area contributed by atoms with Crippen LogP contribution in [0.2, 0.25) is 0 Å². The molecule has 2 atom stereocenters. The van der Waals surface area contributed by atoms with Gasteiger partial charge in [0.1, 0.15) is 9.88 Å². The van der Waals surface area contributed by atoms with E-state index in [-0.39, 0.29) is 15.4 Å². The minimum Gasteiger partial charge on any atom is -0.550 e. The molecule has 1 saturated carbocycles. The van der Waals surface area contributed by atoms with Crippen LogP contribution in [0.4, 0.5) is 5.00 Å². The van der Waals surface area contributed by atoms with Crippen LogP contribution in [0.25, 0.3) is 0 Å². The maximum Gasteiger partial charge on any atom is 0.348 e. The summed E-state index contributed by atoms with van der Waals surface area (Å²) in [6.45, 7) is 1.55. The van der Waals surface area contributed by atoms with Crippen molar-refractivity contribution in [3.05, 3.63) is 16.0 Å². The zero-order valence-electron chi connectivity index (χ0n) is 14.7. The van der Waals surface area contributed by atoms with E-state index in [9.17, 15) is 24.3 Å². The lowest BCUT2D eigenvalue weighted by molar-refractivity contribution is -0.313. The average molecular weight is 382 g/mol. The molecule has 0 spiro atoms. The number of anilines is 1. The predicted molar refractivity (Wildman–Crippen MR) is 90.8 cm³/mol. The fourth-order valence-corrected chi connectivity index (χ4v) is 4.28. The Morgan fingerprint density at radius 1 is 1.04 bits per heavy atom. The van der Waals surface area contributed by atoms with Gasteiger partial charge in [0, 0.05) is 17.8 Å². The molecule has 0 aromatic carbocycles. The molecule has 0 aliphatic heterocycles. The van der Waals surface area contributed by atoms with E-state index in [4.69, 9.17) is 4.74 Å². The van der Waals surface area contributed by atoms with Gasteiger partial charge in [0.2, 0.25) is 5.91 Å². The first kappa shape index (κ1) is 19.9. The van der Waals surface area contributed by atoms with Crippen LogP contribution < -0.4 is 10.4 Å². The summed E-state index contributed by atoms with van der Waals surface area (Å²) in [6.07, 6.45) is 2.26. The van der Waals surface area contributed by atoms with Crippen LogP contribution in [0.15, 0.2) is 0 Å². The van der Waals surface area contributed by atoms with Crippen LogP contribution in [0.3, 0.4) is 0 Å². The molecule has 142 valence electrons. The van der Waals surface area contributed by atoms with Crippen LogP contribution in [0, 0.1) is 18.8 Å². The number of carbonyl (C=O) groups excluding carboxylic acids is 4. The summed E-state index contributed by atoms with van der Waals surface area (Å²) in [5.41, 5.74) is 0.399. The Hall–Kier alpha value is -2.42. The van der Waals surface area contributed by atoms with Gasteiger partial charge in [-0.3, -0.25) is 4.79 Å². The van der Waals surface area contributed by atoms with Gasteiger partial charge in [-0.2, -0.15) is 0 Å². The van der Waals surface area contributed by atoms with E-state index in [1.165, 1.54) is 14.2 Å². The van der Waals surface area contributed by atoms with Crippen molar-refractivity contribution >= 4 is 40.2 Å². The molecule has 0 bridgehead atoms. The van der Waals surface area contributed by atoms with Crippen molar-refractivity contribution in [3.63, 3.8) is 0 Å². The molecule has 9 heteroatoms. The topological polar surface area (TPSA) is 122 Å². The Morgan fingerprint density at radius 2 is 1.62 bits per heavy atom. The second-order valence-electron chi connectivity index (χ2n) is 6.05. The highest BCUT2D eigenvalue weighted by Crippen LogP contribution is 2.36. The lowest BCUT2D eigenvalue weighted by Crippen LogP contribution is -2.42. The maximum absolute atomic E-state index is 12.6. The minimum atomic E-state index is -1.25. The van der Waals surface area contributed by atoms with Crippen molar-refractivity contribution < 1.29 is 33.8 Å². The van der Waals surface area contributed by atoms with E-state index in [0.717, 1.165) is 24.2 Å². The van der Waals surface area contributed by atoms with Crippen molar-refractivity contribution in [3.8, 4) is 0 Å². The average Bonchev–Trinajstić information content (AvgIpc) is 2.96. The van der Waals surface area contributed by atoms with Crippen LogP contribution >= 0.6 is 11.3 Å². The molecule has 0 saturated heterocycles. The van der Waals surface area contributed by atoms with Crippen LogP contribution in [-0.4, -0.2) is 38.0 Å². The summed E-state index contributed by atoms with van der Waals surface area (Å²) in [5, 5.41) is 14.0. The van der Waals surface area contributed by atoms with Gasteiger partial charge in [-0.1, -0.05) is 12.8 Å². The standard InChI is InChI=1S/C17H21NO7S/c1-8-11(16(22)24-2)14(26-12(8)17(23)25-3)18-13(19)9-6-4-5-7-10(9)15(20)21/h9-10H,4-7H2,1-3H3,(H,18,19)(H,20,21)/p-1/t9-,10+/m1/s1. The Bertz CT molecular complexity index is 740. The second kappa shape index (κ2) is 8.31. The van der Waals surface area contributed by atoms with Crippen molar-refractivity contribution in [2.75, 3.05) is 19.5 Å². The number of hydrogen-bond donors (Lipinski definition) is 1. The third kappa shape index (κ3) is 3.87. The van der Waals surface area contributed by atoms with E-state index in [1.807, 2.05) is 0 Å². The van der Waals surface area contributed by atoms with E-state index in [0.29, 0.717) is 18.4 Å². The number of thiophene rings is 1. The van der Waals surface area contributed by atoms with Crippen molar-refractivity contribution in [1.82, 2.24) is 0 Å². The third-order valence-corrected chi connectivity index (χ3v) is 5.74. The lowest BCUT2D eigenvalue weighted by Gasteiger charge is -2.31. The van der Waals surface area contributed by atoms with Gasteiger partial charge in [0.15, 0.2) is 0 Å². The predicted octanol–water partition coefficient (Wildman–Crippen LogP) is 1.12. The molecule has 1 heterocycles. The van der Waals surface area contributed by atoms with Gasteiger partial charge in [-0.05, 0) is 25.3 Å². The first-order chi connectivity index (χ1) is 12.3. The molecule has 1 aromatic heterocycles.